The molecule has 0 fully saturated rings. The van der Waals surface area contributed by atoms with Crippen molar-refractivity contribution in [3.8, 4) is 16.8 Å². The Labute approximate surface area is 313 Å². The van der Waals surface area contributed by atoms with E-state index in [0.717, 1.165) is 0 Å². The Balaban J connectivity index is 1.16. The molecule has 0 aliphatic rings. The number of para-hydroxylation sites is 5. The van der Waals surface area contributed by atoms with Gasteiger partial charge < -0.3 is 13.4 Å². The number of aromatic nitrogens is 3. The van der Waals surface area contributed by atoms with Crippen LogP contribution in [-0.2, 0) is 0 Å². The highest BCUT2D eigenvalue weighted by Crippen LogP contribution is 2.48. The lowest BCUT2D eigenvalue weighted by Crippen LogP contribution is -1.93. The highest BCUT2D eigenvalue weighted by molar-refractivity contribution is 6.33. The van der Waals surface area contributed by atoms with Crippen molar-refractivity contribution in [3.63, 3.8) is 0 Å². The summed E-state index contributed by atoms with van der Waals surface area (Å²) in [6.45, 7) is 0. The fraction of sp³-hybridized carbons (Fsp3) is 0. The Hall–Kier alpha value is -7.36. The molecular formula is C52H29N3. The third kappa shape index (κ3) is 3.35. The second-order valence-corrected chi connectivity index (χ2v) is 15.3. The number of fused-ring (bicyclic) bond motifs is 17. The predicted molar refractivity (Wildman–Crippen MR) is 233 cm³/mol. The Kier molecular flexibility index (Phi) is 5.01. The van der Waals surface area contributed by atoms with Crippen LogP contribution in [0.3, 0.4) is 0 Å². The molecule has 0 N–H and O–H groups in total. The second-order valence-electron chi connectivity index (χ2n) is 15.3. The number of rotatable bonds is 2. The van der Waals surface area contributed by atoms with E-state index >= 15 is 0 Å². The van der Waals surface area contributed by atoms with Gasteiger partial charge >= 0.3 is 0 Å². The van der Waals surface area contributed by atoms with E-state index in [0.29, 0.717) is 0 Å². The lowest BCUT2D eigenvalue weighted by atomic mass is 9.94. The number of nitrogens with zero attached hydrogens (tertiary/aromatic N) is 3. The first-order valence-electron chi connectivity index (χ1n) is 19.1. The molecule has 0 unspecified atom stereocenters. The van der Waals surface area contributed by atoms with Gasteiger partial charge in [-0.2, -0.15) is 0 Å². The summed E-state index contributed by atoms with van der Waals surface area (Å²) in [6, 6.07) is 65.6. The lowest BCUT2D eigenvalue weighted by Gasteiger charge is -2.11. The second kappa shape index (κ2) is 9.79. The number of hydrogen-bond donors (Lipinski definition) is 0. The van der Waals surface area contributed by atoms with Gasteiger partial charge in [0, 0.05) is 65.1 Å². The molecule has 14 rings (SSSR count). The Morgan fingerprint density at radius 1 is 0.291 bits per heavy atom. The van der Waals surface area contributed by atoms with Crippen molar-refractivity contribution in [2.75, 3.05) is 0 Å². The van der Waals surface area contributed by atoms with E-state index in [9.17, 15) is 0 Å². The fourth-order valence-corrected chi connectivity index (χ4v) is 10.5. The molecule has 0 aliphatic heterocycles. The molecule has 55 heavy (non-hydrogen) atoms. The molecule has 9 aromatic carbocycles. The molecule has 0 saturated carbocycles. The molecule has 0 saturated heterocycles. The maximum atomic E-state index is 2.60. The first-order valence-corrected chi connectivity index (χ1v) is 19.1. The van der Waals surface area contributed by atoms with E-state index in [4.69, 9.17) is 0 Å². The van der Waals surface area contributed by atoms with Crippen molar-refractivity contribution in [1.82, 2.24) is 13.4 Å². The summed E-state index contributed by atoms with van der Waals surface area (Å²) in [5.74, 6) is 0. The molecule has 0 bridgehead atoms. The van der Waals surface area contributed by atoms with Gasteiger partial charge in [-0.15, -0.1) is 0 Å². The van der Waals surface area contributed by atoms with Crippen LogP contribution in [0.2, 0.25) is 0 Å². The Morgan fingerprint density at radius 3 is 1.62 bits per heavy atom. The van der Waals surface area contributed by atoms with E-state index in [1.54, 1.807) is 0 Å². The molecule has 14 aromatic rings. The molecule has 0 aliphatic carbocycles. The van der Waals surface area contributed by atoms with Crippen LogP contribution >= 0.6 is 0 Å². The van der Waals surface area contributed by atoms with Crippen LogP contribution in [0.5, 0.6) is 0 Å². The molecule has 0 radical (unpaired) electrons. The SMILES string of the molecule is c1ccc(-n2c3ccccc3c3cc(-c4cc5ccccc5c5c6cccc7c8cc9c(cc8n(c45)c76)c4cccc5c6ccccc6n9c54)ccc32)cc1. The summed E-state index contributed by atoms with van der Waals surface area (Å²) in [6.07, 6.45) is 0. The van der Waals surface area contributed by atoms with Crippen LogP contribution in [0.1, 0.15) is 0 Å². The molecule has 5 heterocycles. The van der Waals surface area contributed by atoms with Gasteiger partial charge in [0.1, 0.15) is 0 Å². The zero-order valence-electron chi connectivity index (χ0n) is 29.6. The minimum absolute atomic E-state index is 1.17. The molecular weight excluding hydrogens is 667 g/mol. The van der Waals surface area contributed by atoms with Crippen LogP contribution in [0.25, 0.3) is 126 Å². The fourth-order valence-electron chi connectivity index (χ4n) is 10.5. The monoisotopic (exact) mass is 695 g/mol. The smallest absolute Gasteiger partial charge is 0.0626 e. The van der Waals surface area contributed by atoms with Crippen molar-refractivity contribution in [2.24, 2.45) is 0 Å². The van der Waals surface area contributed by atoms with Gasteiger partial charge in [-0.25, -0.2) is 0 Å². The van der Waals surface area contributed by atoms with Gasteiger partial charge in [-0.3, -0.25) is 0 Å². The van der Waals surface area contributed by atoms with Crippen molar-refractivity contribution in [3.05, 3.63) is 176 Å². The lowest BCUT2D eigenvalue weighted by molar-refractivity contribution is 1.18. The first-order chi connectivity index (χ1) is 27.3. The topological polar surface area (TPSA) is 13.8 Å². The number of hydrogen-bond acceptors (Lipinski definition) is 0. The zero-order chi connectivity index (χ0) is 35.5. The minimum atomic E-state index is 1.17. The molecule has 5 aromatic heterocycles. The summed E-state index contributed by atoms with van der Waals surface area (Å²) in [4.78, 5) is 0. The van der Waals surface area contributed by atoms with E-state index < -0.39 is 0 Å². The summed E-state index contributed by atoms with van der Waals surface area (Å²) < 4.78 is 7.50. The maximum absolute atomic E-state index is 2.60. The van der Waals surface area contributed by atoms with Gasteiger partial charge in [0.05, 0.1) is 44.1 Å². The average Bonchev–Trinajstić information content (AvgIpc) is 4.03. The molecule has 3 nitrogen and oxygen atoms in total. The molecule has 0 atom stereocenters. The zero-order valence-corrected chi connectivity index (χ0v) is 29.6. The maximum Gasteiger partial charge on any atom is 0.0626 e. The Bertz CT molecular complexity index is 3930. The van der Waals surface area contributed by atoms with Crippen LogP contribution in [0.15, 0.2) is 176 Å². The molecule has 3 heteroatoms. The predicted octanol–water partition coefficient (Wildman–Crippen LogP) is 13.9. The van der Waals surface area contributed by atoms with E-state index in [1.807, 2.05) is 0 Å². The van der Waals surface area contributed by atoms with Crippen LogP contribution in [0, 0.1) is 0 Å². The summed E-state index contributed by atoms with van der Waals surface area (Å²) in [5.41, 5.74) is 13.8. The summed E-state index contributed by atoms with van der Waals surface area (Å²) in [5, 5.41) is 15.5. The van der Waals surface area contributed by atoms with Gasteiger partial charge in [-0.1, -0.05) is 121 Å². The third-order valence-corrected chi connectivity index (χ3v) is 12.6. The Morgan fingerprint density at radius 2 is 0.836 bits per heavy atom. The van der Waals surface area contributed by atoms with Gasteiger partial charge in [0.2, 0.25) is 0 Å². The van der Waals surface area contributed by atoms with E-state index in [1.165, 1.54) is 126 Å². The summed E-state index contributed by atoms with van der Waals surface area (Å²) in [7, 11) is 0. The first kappa shape index (κ1) is 28.2. The van der Waals surface area contributed by atoms with Gasteiger partial charge in [0.15, 0.2) is 0 Å². The van der Waals surface area contributed by atoms with Crippen molar-refractivity contribution < 1.29 is 0 Å². The van der Waals surface area contributed by atoms with E-state index in [-0.39, 0.29) is 0 Å². The molecule has 252 valence electrons. The van der Waals surface area contributed by atoms with Crippen molar-refractivity contribution in [2.45, 2.75) is 0 Å². The summed E-state index contributed by atoms with van der Waals surface area (Å²) >= 11 is 0. The van der Waals surface area contributed by atoms with Crippen molar-refractivity contribution >= 4 is 109 Å². The van der Waals surface area contributed by atoms with Crippen molar-refractivity contribution in [1.29, 1.82) is 0 Å². The highest BCUT2D eigenvalue weighted by atomic mass is 15.0. The minimum Gasteiger partial charge on any atom is -0.309 e. The van der Waals surface area contributed by atoms with Crippen LogP contribution in [0.4, 0.5) is 0 Å². The number of benzene rings is 9. The largest absolute Gasteiger partial charge is 0.309 e. The highest BCUT2D eigenvalue weighted by Gasteiger charge is 2.25. The normalized spacial score (nSPS) is 12.7. The van der Waals surface area contributed by atoms with Gasteiger partial charge in [-0.05, 0) is 70.9 Å². The van der Waals surface area contributed by atoms with Crippen LogP contribution < -0.4 is 0 Å². The third-order valence-electron chi connectivity index (χ3n) is 12.6. The van der Waals surface area contributed by atoms with Crippen LogP contribution in [-0.4, -0.2) is 13.4 Å². The molecule has 0 amide bonds. The van der Waals surface area contributed by atoms with Gasteiger partial charge in [0.25, 0.3) is 0 Å². The average molecular weight is 696 g/mol. The van der Waals surface area contributed by atoms with E-state index in [2.05, 4.69) is 189 Å². The molecule has 0 spiro atoms. The standard InChI is InChI=1S/C52H29N3/c1-2-13-32(14-3-1)53-44-22-8-7-17-35(44)41-27-31(24-25-46(41)53)40-26-30-12-4-5-15-33(30)49-39-21-11-20-38-43-28-47-42(29-48(43)55(51(38)39)52(40)49)37-19-10-18-36-34-16-6-9-23-45(34)54(47)50(36)37/h1-29H. The quantitative estimate of drug-likeness (QED) is 0.171.